The van der Waals surface area contributed by atoms with Crippen LogP contribution in [0.3, 0.4) is 0 Å². The van der Waals surface area contributed by atoms with E-state index < -0.39 is 12.1 Å². The fourth-order valence-electron chi connectivity index (χ4n) is 8.68. The van der Waals surface area contributed by atoms with Crippen molar-refractivity contribution in [1.82, 2.24) is 5.32 Å². The van der Waals surface area contributed by atoms with Gasteiger partial charge in [0.15, 0.2) is 0 Å². The molecule has 382 valence electrons. The van der Waals surface area contributed by atoms with E-state index in [9.17, 15) is 19.8 Å². The van der Waals surface area contributed by atoms with Gasteiger partial charge in [-0.15, -0.1) is 0 Å². The number of rotatable bonds is 53. The number of unbranched alkanes of at least 4 members (excludes halogenated alkanes) is 38. The lowest BCUT2D eigenvalue weighted by Gasteiger charge is -2.20. The van der Waals surface area contributed by atoms with Crippen LogP contribution in [-0.2, 0) is 14.3 Å². The second-order valence-electron chi connectivity index (χ2n) is 19.6. The predicted molar refractivity (Wildman–Crippen MR) is 283 cm³/mol. The third-order valence-corrected chi connectivity index (χ3v) is 13.1. The maximum atomic E-state index is 12.5. The van der Waals surface area contributed by atoms with Crippen molar-refractivity contribution in [2.24, 2.45) is 0 Å². The van der Waals surface area contributed by atoms with Crippen molar-refractivity contribution < 1.29 is 24.5 Å². The maximum absolute atomic E-state index is 12.5. The second kappa shape index (κ2) is 54.7. The molecule has 3 N–H and O–H groups in total. The largest absolute Gasteiger partial charge is 0.466 e. The number of amides is 1. The van der Waals surface area contributed by atoms with Gasteiger partial charge in [0.05, 0.1) is 25.4 Å². The Morgan fingerprint density at radius 3 is 1.11 bits per heavy atom. The number of hydrogen-bond acceptors (Lipinski definition) is 5. The highest BCUT2D eigenvalue weighted by atomic mass is 16.5. The lowest BCUT2D eigenvalue weighted by Crippen LogP contribution is -2.45. The average molecular weight is 915 g/mol. The van der Waals surface area contributed by atoms with Crippen LogP contribution in [0.2, 0.25) is 0 Å². The third kappa shape index (κ3) is 51.3. The molecule has 65 heavy (non-hydrogen) atoms. The highest BCUT2D eigenvalue weighted by Gasteiger charge is 2.18. The summed E-state index contributed by atoms with van der Waals surface area (Å²) in [6.45, 7) is 4.88. The summed E-state index contributed by atoms with van der Waals surface area (Å²) in [4.78, 5) is 24.5. The van der Waals surface area contributed by atoms with E-state index in [-0.39, 0.29) is 18.5 Å². The minimum absolute atomic E-state index is 0.00736. The fourth-order valence-corrected chi connectivity index (χ4v) is 8.68. The summed E-state index contributed by atoms with van der Waals surface area (Å²) in [6, 6.07) is -0.638. The van der Waals surface area contributed by atoms with Crippen LogP contribution in [0.1, 0.15) is 303 Å². The number of esters is 1. The van der Waals surface area contributed by atoms with Crippen molar-refractivity contribution in [1.29, 1.82) is 0 Å². The van der Waals surface area contributed by atoms with Crippen LogP contribution in [-0.4, -0.2) is 47.4 Å². The number of carbonyl (C=O) groups excluding carboxylic acids is 2. The number of ether oxygens (including phenoxy) is 1. The molecule has 0 bridgehead atoms. The fraction of sp³-hybridized carbons (Fsp3) is 0.864. The van der Waals surface area contributed by atoms with Crippen LogP contribution >= 0.6 is 0 Å². The van der Waals surface area contributed by atoms with Crippen molar-refractivity contribution in [2.45, 2.75) is 315 Å². The van der Waals surface area contributed by atoms with E-state index >= 15 is 0 Å². The van der Waals surface area contributed by atoms with Gasteiger partial charge in [0.1, 0.15) is 0 Å². The molecular formula is C59H111NO5. The lowest BCUT2D eigenvalue weighted by atomic mass is 10.0. The first-order valence-electron chi connectivity index (χ1n) is 28.8. The van der Waals surface area contributed by atoms with Crippen LogP contribution in [0.15, 0.2) is 36.5 Å². The summed E-state index contributed by atoms with van der Waals surface area (Å²) >= 11 is 0. The zero-order valence-electron chi connectivity index (χ0n) is 43.5. The monoisotopic (exact) mass is 914 g/mol. The Bertz CT molecular complexity index is 1060. The van der Waals surface area contributed by atoms with Crippen molar-refractivity contribution >= 4 is 11.9 Å². The van der Waals surface area contributed by atoms with Gasteiger partial charge in [-0.2, -0.15) is 0 Å². The minimum atomic E-state index is -0.853. The molecule has 6 nitrogen and oxygen atoms in total. The van der Waals surface area contributed by atoms with Gasteiger partial charge in [-0.3, -0.25) is 9.59 Å². The zero-order valence-corrected chi connectivity index (χ0v) is 43.5. The quantitative estimate of drug-likeness (QED) is 0.0321. The van der Waals surface area contributed by atoms with Gasteiger partial charge >= 0.3 is 5.97 Å². The summed E-state index contributed by atoms with van der Waals surface area (Å²) in [5.41, 5.74) is 0. The summed E-state index contributed by atoms with van der Waals surface area (Å²) in [7, 11) is 0. The van der Waals surface area contributed by atoms with Crippen LogP contribution in [0, 0.1) is 0 Å². The Balaban J connectivity index is 3.49. The standard InChI is InChI=1S/C59H111NO5/c1-3-5-7-9-11-13-15-17-18-21-24-28-31-35-39-43-47-51-57(62)56(55-61)60-58(63)52-48-44-40-36-32-29-25-22-19-20-23-26-30-34-38-42-46-50-54-65-59(64)53-49-45-41-37-33-27-16-14-12-10-8-6-4-2/h14,16,22,25,47,51,56-57,61-62H,3-13,15,17-21,23-24,26-46,48-50,52-55H2,1-2H3,(H,60,63)/b16-14-,25-22-,51-47+. The molecule has 0 aliphatic rings. The number of nitrogens with one attached hydrogen (secondary N) is 1. The second-order valence-corrected chi connectivity index (χ2v) is 19.6. The third-order valence-electron chi connectivity index (χ3n) is 13.1. The normalized spacial score (nSPS) is 12.9. The van der Waals surface area contributed by atoms with E-state index in [0.29, 0.717) is 19.4 Å². The first-order valence-corrected chi connectivity index (χ1v) is 28.8. The van der Waals surface area contributed by atoms with Gasteiger partial charge in [-0.05, 0) is 83.5 Å². The molecule has 6 heteroatoms. The van der Waals surface area contributed by atoms with Crippen molar-refractivity contribution in [2.75, 3.05) is 13.2 Å². The number of aliphatic hydroxyl groups is 2. The molecule has 0 aromatic carbocycles. The molecule has 0 rings (SSSR count). The Morgan fingerprint density at radius 1 is 0.415 bits per heavy atom. The van der Waals surface area contributed by atoms with Gasteiger partial charge in [-0.1, -0.05) is 243 Å². The Kier molecular flexibility index (Phi) is 53.1. The van der Waals surface area contributed by atoms with Crippen LogP contribution in [0.25, 0.3) is 0 Å². The average Bonchev–Trinajstić information content (AvgIpc) is 3.31. The SMILES string of the molecule is CCCCCC/C=C\CCCCCCCC(=O)OCCCCCCCCCCC/C=C\CCCCCCCC(=O)NC(CO)C(O)/C=C/CCCCCCCCCCCCCCCCC. The van der Waals surface area contributed by atoms with Crippen LogP contribution in [0.5, 0.6) is 0 Å². The molecule has 0 saturated heterocycles. The summed E-state index contributed by atoms with van der Waals surface area (Å²) < 4.78 is 5.46. The van der Waals surface area contributed by atoms with Gasteiger partial charge in [0.2, 0.25) is 5.91 Å². The highest BCUT2D eigenvalue weighted by Crippen LogP contribution is 2.16. The Morgan fingerprint density at radius 2 is 0.723 bits per heavy atom. The minimum Gasteiger partial charge on any atom is -0.466 e. The van der Waals surface area contributed by atoms with E-state index in [4.69, 9.17) is 4.74 Å². The molecule has 2 atom stereocenters. The molecule has 2 unspecified atom stereocenters. The molecule has 0 heterocycles. The van der Waals surface area contributed by atoms with Crippen molar-refractivity contribution in [3.63, 3.8) is 0 Å². The van der Waals surface area contributed by atoms with Crippen LogP contribution in [0.4, 0.5) is 0 Å². The predicted octanol–water partition coefficient (Wildman–Crippen LogP) is 17.6. The topological polar surface area (TPSA) is 95.9 Å². The summed E-state index contributed by atoms with van der Waals surface area (Å²) in [6.07, 6.45) is 67.3. The summed E-state index contributed by atoms with van der Waals surface area (Å²) in [5.74, 6) is -0.0888. The van der Waals surface area contributed by atoms with Gasteiger partial charge < -0.3 is 20.3 Å². The van der Waals surface area contributed by atoms with E-state index in [1.54, 1.807) is 6.08 Å². The molecule has 0 fully saturated rings. The molecular weight excluding hydrogens is 803 g/mol. The molecule has 0 aromatic rings. The number of allylic oxidation sites excluding steroid dienone is 5. The van der Waals surface area contributed by atoms with Crippen molar-refractivity contribution in [3.05, 3.63) is 36.5 Å². The summed E-state index contributed by atoms with van der Waals surface area (Å²) in [5, 5.41) is 23.1. The van der Waals surface area contributed by atoms with E-state index in [2.05, 4.69) is 43.5 Å². The van der Waals surface area contributed by atoms with Crippen molar-refractivity contribution in [3.8, 4) is 0 Å². The first kappa shape index (κ1) is 63.1. The number of hydrogen-bond donors (Lipinski definition) is 3. The maximum Gasteiger partial charge on any atom is 0.305 e. The van der Waals surface area contributed by atoms with E-state index in [1.807, 2.05) is 6.08 Å². The molecule has 0 radical (unpaired) electrons. The number of carbonyl (C=O) groups is 2. The molecule has 0 aliphatic heterocycles. The molecule has 0 spiro atoms. The van der Waals surface area contributed by atoms with E-state index in [0.717, 1.165) is 64.2 Å². The molecule has 0 aliphatic carbocycles. The Labute approximate surface area is 404 Å². The molecule has 0 saturated carbocycles. The first-order chi connectivity index (χ1) is 32.0. The smallest absolute Gasteiger partial charge is 0.305 e. The van der Waals surface area contributed by atoms with Gasteiger partial charge in [0.25, 0.3) is 0 Å². The molecule has 1 amide bonds. The van der Waals surface area contributed by atoms with Gasteiger partial charge in [0, 0.05) is 12.8 Å². The zero-order chi connectivity index (χ0) is 47.2. The number of aliphatic hydroxyl groups excluding tert-OH is 2. The lowest BCUT2D eigenvalue weighted by molar-refractivity contribution is -0.143. The van der Waals surface area contributed by atoms with Gasteiger partial charge in [-0.25, -0.2) is 0 Å². The Hall–Kier alpha value is -1.92. The van der Waals surface area contributed by atoms with E-state index in [1.165, 1.54) is 212 Å². The molecule has 0 aromatic heterocycles. The highest BCUT2D eigenvalue weighted by molar-refractivity contribution is 5.76. The van der Waals surface area contributed by atoms with Crippen LogP contribution < -0.4 is 5.32 Å².